The number of hydrogen-bond acceptors (Lipinski definition) is 6. The van der Waals surface area contributed by atoms with Crippen molar-refractivity contribution in [2.75, 3.05) is 19.0 Å². The molecule has 0 spiro atoms. The maximum Gasteiger partial charge on any atom is 0.160 e. The maximum absolute atomic E-state index is 10.1. The van der Waals surface area contributed by atoms with E-state index in [0.29, 0.717) is 23.0 Å². The lowest BCUT2D eigenvalue weighted by atomic mass is 10.2. The van der Waals surface area contributed by atoms with Crippen LogP contribution in [-0.4, -0.2) is 69.6 Å². The minimum absolute atomic E-state index is 0.108. The highest BCUT2D eigenvalue weighted by Crippen LogP contribution is 2.26. The Hall–Kier alpha value is -0.930. The summed E-state index contributed by atoms with van der Waals surface area (Å²) in [6.45, 7) is 7.62. The molecule has 1 rings (SSSR count). The molecule has 0 bridgehead atoms. The number of aliphatic hydroxyl groups excluding tert-OH is 3. The Morgan fingerprint density at radius 2 is 2.09 bits per heavy atom. The van der Waals surface area contributed by atoms with Gasteiger partial charge in [-0.3, -0.25) is 4.99 Å². The van der Waals surface area contributed by atoms with E-state index >= 15 is 0 Å². The molecule has 0 heterocycles. The first-order valence-electron chi connectivity index (χ1n) is 7.69. The van der Waals surface area contributed by atoms with Crippen LogP contribution < -0.4 is 5.73 Å². The molecule has 0 aliphatic heterocycles. The van der Waals surface area contributed by atoms with Crippen LogP contribution in [0.5, 0.6) is 0 Å². The maximum atomic E-state index is 10.1. The van der Waals surface area contributed by atoms with Crippen molar-refractivity contribution in [1.29, 1.82) is 0 Å². The van der Waals surface area contributed by atoms with Gasteiger partial charge in [-0.15, -0.1) is 0 Å². The van der Waals surface area contributed by atoms with Gasteiger partial charge in [-0.1, -0.05) is 25.3 Å². The number of amidine groups is 2. The summed E-state index contributed by atoms with van der Waals surface area (Å²) < 4.78 is 5.32. The van der Waals surface area contributed by atoms with E-state index in [4.69, 9.17) is 15.6 Å². The normalized spacial score (nSPS) is 29.1. The zero-order valence-electron chi connectivity index (χ0n) is 13.7. The first-order valence-corrected chi connectivity index (χ1v) is 8.68. The Balaban J connectivity index is 2.84. The lowest BCUT2D eigenvalue weighted by Crippen LogP contribution is -2.33. The molecule has 1 aliphatic rings. The average molecular weight is 345 g/mol. The Labute approximate surface area is 141 Å². The van der Waals surface area contributed by atoms with Crippen LogP contribution in [0.4, 0.5) is 0 Å². The lowest BCUT2D eigenvalue weighted by molar-refractivity contribution is -0.0615. The van der Waals surface area contributed by atoms with E-state index in [1.807, 2.05) is 0 Å². The summed E-state index contributed by atoms with van der Waals surface area (Å²) in [6.07, 6.45) is -1.33. The zero-order chi connectivity index (χ0) is 17.4. The van der Waals surface area contributed by atoms with Gasteiger partial charge in [-0.05, 0) is 18.9 Å². The van der Waals surface area contributed by atoms with Crippen molar-refractivity contribution in [3.63, 3.8) is 0 Å². The van der Waals surface area contributed by atoms with Crippen LogP contribution in [0, 0.1) is 0 Å². The van der Waals surface area contributed by atoms with Gasteiger partial charge in [0, 0.05) is 12.2 Å². The number of aliphatic imine (C=N–C) groups is 2. The Morgan fingerprint density at radius 1 is 1.39 bits per heavy atom. The monoisotopic (exact) mass is 345 g/mol. The molecule has 1 fully saturated rings. The highest BCUT2D eigenvalue weighted by Gasteiger charge is 2.42. The molecule has 0 aromatic heterocycles. The van der Waals surface area contributed by atoms with Gasteiger partial charge in [0.25, 0.3) is 0 Å². The van der Waals surface area contributed by atoms with Crippen molar-refractivity contribution >= 4 is 22.8 Å². The van der Waals surface area contributed by atoms with Gasteiger partial charge >= 0.3 is 0 Å². The number of rotatable bonds is 7. The predicted octanol–water partition coefficient (Wildman–Crippen LogP) is 0.290. The molecule has 1 aliphatic carbocycles. The second kappa shape index (κ2) is 10.0. The first kappa shape index (κ1) is 20.1. The highest BCUT2D eigenvalue weighted by molar-refractivity contribution is 8.13. The molecular formula is C15H27N3O4S. The molecule has 8 heteroatoms. The third-order valence-electron chi connectivity index (χ3n) is 3.36. The number of ether oxygens (including phenoxy) is 1. The summed E-state index contributed by atoms with van der Waals surface area (Å²) in [7, 11) is 0. The average Bonchev–Trinajstić information content (AvgIpc) is 2.78. The van der Waals surface area contributed by atoms with Gasteiger partial charge in [-0.2, -0.15) is 0 Å². The SMILES string of the molecule is C=C(C)C(N=C(N)SCCC)=N[C@@H]1C[C@H](OCCO)[C@@H](O)[C@H]1O. The molecule has 0 aromatic rings. The topological polar surface area (TPSA) is 121 Å². The predicted molar refractivity (Wildman–Crippen MR) is 93.9 cm³/mol. The summed E-state index contributed by atoms with van der Waals surface area (Å²) in [6, 6.07) is -0.548. The number of aliphatic hydroxyl groups is 3. The van der Waals surface area contributed by atoms with Gasteiger partial charge in [0.1, 0.15) is 12.2 Å². The summed E-state index contributed by atoms with van der Waals surface area (Å²) in [5.41, 5.74) is 6.49. The number of thioether (sulfide) groups is 1. The van der Waals surface area contributed by atoms with Crippen molar-refractivity contribution in [3.8, 4) is 0 Å². The summed E-state index contributed by atoms with van der Waals surface area (Å²) in [5, 5.41) is 29.3. The molecule has 0 unspecified atom stereocenters. The fraction of sp³-hybridized carbons (Fsp3) is 0.733. The molecule has 7 nitrogen and oxygen atoms in total. The van der Waals surface area contributed by atoms with Crippen LogP contribution in [0.25, 0.3) is 0 Å². The molecule has 0 amide bonds. The Morgan fingerprint density at radius 3 is 2.65 bits per heavy atom. The zero-order valence-corrected chi connectivity index (χ0v) is 14.5. The number of nitrogens with zero attached hydrogens (tertiary/aromatic N) is 2. The van der Waals surface area contributed by atoms with Crippen LogP contribution in [0.1, 0.15) is 26.7 Å². The minimum Gasteiger partial charge on any atom is -0.394 e. The minimum atomic E-state index is -1.05. The molecule has 1 saturated carbocycles. The first-order chi connectivity index (χ1) is 10.9. The van der Waals surface area contributed by atoms with Gasteiger partial charge < -0.3 is 25.8 Å². The van der Waals surface area contributed by atoms with Gasteiger partial charge in [0.15, 0.2) is 11.0 Å². The Kier molecular flexibility index (Phi) is 8.78. The second-order valence-electron chi connectivity index (χ2n) is 5.45. The molecular weight excluding hydrogens is 318 g/mol. The van der Waals surface area contributed by atoms with Crippen LogP contribution in [0.15, 0.2) is 22.1 Å². The van der Waals surface area contributed by atoms with Crippen LogP contribution >= 0.6 is 11.8 Å². The van der Waals surface area contributed by atoms with E-state index in [0.717, 1.165) is 12.2 Å². The number of nitrogens with two attached hydrogens (primary N) is 1. The molecule has 4 atom stereocenters. The van der Waals surface area contributed by atoms with Crippen LogP contribution in [-0.2, 0) is 4.74 Å². The molecule has 132 valence electrons. The molecule has 5 N–H and O–H groups in total. The highest BCUT2D eigenvalue weighted by atomic mass is 32.2. The van der Waals surface area contributed by atoms with Crippen molar-refractivity contribution < 1.29 is 20.1 Å². The van der Waals surface area contributed by atoms with E-state index < -0.39 is 24.4 Å². The molecule has 0 aromatic carbocycles. The summed E-state index contributed by atoms with van der Waals surface area (Å²) in [4.78, 5) is 8.65. The van der Waals surface area contributed by atoms with Gasteiger partial charge in [-0.25, -0.2) is 4.99 Å². The molecule has 0 saturated heterocycles. The third-order valence-corrected chi connectivity index (χ3v) is 4.36. The fourth-order valence-corrected chi connectivity index (χ4v) is 2.76. The van der Waals surface area contributed by atoms with Crippen molar-refractivity contribution in [2.24, 2.45) is 15.7 Å². The smallest absolute Gasteiger partial charge is 0.160 e. The summed E-state index contributed by atoms with van der Waals surface area (Å²) >= 11 is 1.43. The van der Waals surface area contributed by atoms with Crippen LogP contribution in [0.2, 0.25) is 0 Å². The third kappa shape index (κ3) is 6.23. The van der Waals surface area contributed by atoms with Crippen LogP contribution in [0.3, 0.4) is 0 Å². The second-order valence-corrected chi connectivity index (χ2v) is 6.56. The van der Waals surface area contributed by atoms with E-state index in [1.54, 1.807) is 6.92 Å². The van der Waals surface area contributed by atoms with E-state index in [-0.39, 0.29) is 13.2 Å². The van der Waals surface area contributed by atoms with E-state index in [2.05, 4.69) is 23.5 Å². The van der Waals surface area contributed by atoms with Crippen molar-refractivity contribution in [1.82, 2.24) is 0 Å². The standard InChI is InChI=1S/C15H27N3O4S/c1-4-7-23-15(16)18-14(9(2)3)17-10-8-11(22-6-5-19)13(21)12(10)20/h10-13,19-21H,2,4-8H2,1,3H3,(H2,16,17,18)/t10-,11+,12+,13-/m1/s1. The van der Waals surface area contributed by atoms with Crippen molar-refractivity contribution in [2.45, 2.75) is 51.0 Å². The fourth-order valence-electron chi connectivity index (χ4n) is 2.20. The van der Waals surface area contributed by atoms with Gasteiger partial charge in [0.2, 0.25) is 0 Å². The van der Waals surface area contributed by atoms with E-state index in [9.17, 15) is 10.2 Å². The Bertz CT molecular complexity index is 456. The molecule has 23 heavy (non-hydrogen) atoms. The number of hydrogen-bond donors (Lipinski definition) is 4. The largest absolute Gasteiger partial charge is 0.394 e. The van der Waals surface area contributed by atoms with E-state index in [1.165, 1.54) is 11.8 Å². The lowest BCUT2D eigenvalue weighted by Gasteiger charge is -2.16. The summed E-state index contributed by atoms with van der Waals surface area (Å²) in [5.74, 6) is 1.23. The van der Waals surface area contributed by atoms with Crippen molar-refractivity contribution in [3.05, 3.63) is 12.2 Å². The molecule has 0 radical (unpaired) electrons. The van der Waals surface area contributed by atoms with Gasteiger partial charge in [0.05, 0.1) is 25.4 Å². The quantitative estimate of drug-likeness (QED) is 0.389.